The van der Waals surface area contributed by atoms with Gasteiger partial charge in [-0.05, 0) is 6.07 Å². The monoisotopic (exact) mass is 218 g/mol. The van der Waals surface area contributed by atoms with Crippen molar-refractivity contribution in [1.82, 2.24) is 9.97 Å². The highest BCUT2D eigenvalue weighted by Crippen LogP contribution is 2.20. The Morgan fingerprint density at radius 1 is 1.31 bits per heavy atom. The van der Waals surface area contributed by atoms with Crippen LogP contribution in [0.4, 0.5) is 0 Å². The minimum atomic E-state index is -0.0916. The Bertz CT molecular complexity index is 305. The normalized spacial score (nSPS) is 11.8. The van der Waals surface area contributed by atoms with Crippen molar-refractivity contribution in [2.75, 3.05) is 0 Å². The molecule has 0 fully saturated rings. The molecule has 0 saturated heterocycles. The van der Waals surface area contributed by atoms with Gasteiger partial charge in [-0.1, -0.05) is 32.4 Å². The first-order chi connectivity index (χ1) is 5.93. The Hall–Kier alpha value is -0.340. The lowest BCUT2D eigenvalue weighted by Crippen LogP contribution is -2.16. The summed E-state index contributed by atoms with van der Waals surface area (Å²) in [6.07, 6.45) is 0. The second-order valence-electron chi connectivity index (χ2n) is 3.89. The van der Waals surface area contributed by atoms with Crippen molar-refractivity contribution in [1.29, 1.82) is 0 Å². The molecule has 1 rings (SSSR count). The van der Waals surface area contributed by atoms with Gasteiger partial charge in [0.05, 0.1) is 11.6 Å². The molecule has 1 aromatic heterocycles. The Morgan fingerprint density at radius 2 is 1.92 bits per heavy atom. The van der Waals surface area contributed by atoms with E-state index in [0.717, 1.165) is 11.5 Å². The van der Waals surface area contributed by atoms with E-state index in [2.05, 4.69) is 9.97 Å². The summed E-state index contributed by atoms with van der Waals surface area (Å²) in [5.74, 6) is 1.10. The van der Waals surface area contributed by atoms with Crippen molar-refractivity contribution >= 4 is 23.2 Å². The predicted molar refractivity (Wildman–Crippen MR) is 55.3 cm³/mol. The highest BCUT2D eigenvalue weighted by Gasteiger charge is 2.18. The van der Waals surface area contributed by atoms with E-state index in [4.69, 9.17) is 23.2 Å². The maximum atomic E-state index is 5.83. The summed E-state index contributed by atoms with van der Waals surface area (Å²) in [6, 6.07) is 1.68. The molecular formula is C9H12Cl2N2. The Kier molecular flexibility index (Phi) is 3.14. The quantitative estimate of drug-likeness (QED) is 0.535. The van der Waals surface area contributed by atoms with E-state index in [1.165, 1.54) is 0 Å². The number of alkyl halides is 1. The Morgan fingerprint density at radius 3 is 2.38 bits per heavy atom. The maximum absolute atomic E-state index is 5.83. The average molecular weight is 219 g/mol. The first kappa shape index (κ1) is 10.7. The highest BCUT2D eigenvalue weighted by atomic mass is 35.5. The lowest BCUT2D eigenvalue weighted by molar-refractivity contribution is 0.542. The molecule has 0 N–H and O–H groups in total. The predicted octanol–water partition coefficient (Wildman–Crippen LogP) is 3.17. The van der Waals surface area contributed by atoms with Crippen molar-refractivity contribution in [2.45, 2.75) is 32.1 Å². The molecule has 0 radical (unpaired) electrons. The summed E-state index contributed by atoms with van der Waals surface area (Å²) in [5.41, 5.74) is 0.678. The SMILES string of the molecule is CC(C)(C)c1nc(Cl)cc(CCl)n1. The molecule has 0 unspecified atom stereocenters. The van der Waals surface area contributed by atoms with Crippen molar-refractivity contribution in [2.24, 2.45) is 0 Å². The van der Waals surface area contributed by atoms with Crippen LogP contribution in [0.5, 0.6) is 0 Å². The molecule has 0 amide bonds. The topological polar surface area (TPSA) is 25.8 Å². The Labute approximate surface area is 88.3 Å². The van der Waals surface area contributed by atoms with Crippen LogP contribution in [0.3, 0.4) is 0 Å². The zero-order valence-corrected chi connectivity index (χ0v) is 9.45. The van der Waals surface area contributed by atoms with E-state index in [0.29, 0.717) is 11.0 Å². The molecule has 13 heavy (non-hydrogen) atoms. The number of halogens is 2. The molecule has 1 heterocycles. The van der Waals surface area contributed by atoms with Gasteiger partial charge >= 0.3 is 0 Å². The van der Waals surface area contributed by atoms with Gasteiger partial charge < -0.3 is 0 Å². The van der Waals surface area contributed by atoms with Crippen LogP contribution in [0, 0.1) is 0 Å². The van der Waals surface area contributed by atoms with Crippen LogP contribution in [-0.2, 0) is 11.3 Å². The molecule has 0 aliphatic rings. The average Bonchev–Trinajstić information content (AvgIpc) is 2.01. The van der Waals surface area contributed by atoms with Crippen molar-refractivity contribution in [3.63, 3.8) is 0 Å². The first-order valence-corrected chi connectivity index (χ1v) is 4.94. The van der Waals surface area contributed by atoms with Crippen LogP contribution in [0.15, 0.2) is 6.07 Å². The van der Waals surface area contributed by atoms with E-state index >= 15 is 0 Å². The summed E-state index contributed by atoms with van der Waals surface area (Å²) in [6.45, 7) is 6.12. The van der Waals surface area contributed by atoms with Crippen LogP contribution >= 0.6 is 23.2 Å². The largest absolute Gasteiger partial charge is 0.236 e. The third-order valence-corrected chi connectivity index (χ3v) is 2.02. The molecular weight excluding hydrogens is 207 g/mol. The maximum Gasteiger partial charge on any atom is 0.135 e. The third-order valence-electron chi connectivity index (χ3n) is 1.56. The summed E-state index contributed by atoms with van der Waals surface area (Å²) in [7, 11) is 0. The molecule has 2 nitrogen and oxygen atoms in total. The van der Waals surface area contributed by atoms with Crippen LogP contribution < -0.4 is 0 Å². The van der Waals surface area contributed by atoms with E-state index in [1.54, 1.807) is 6.07 Å². The lowest BCUT2D eigenvalue weighted by Gasteiger charge is -2.16. The minimum absolute atomic E-state index is 0.0916. The molecule has 4 heteroatoms. The zero-order valence-electron chi connectivity index (χ0n) is 7.93. The van der Waals surface area contributed by atoms with Gasteiger partial charge in [0.25, 0.3) is 0 Å². The molecule has 0 saturated carbocycles. The fourth-order valence-corrected chi connectivity index (χ4v) is 1.21. The van der Waals surface area contributed by atoms with Gasteiger partial charge in [-0.15, -0.1) is 11.6 Å². The molecule has 0 spiro atoms. The number of hydrogen-bond acceptors (Lipinski definition) is 2. The summed E-state index contributed by atoms with van der Waals surface area (Å²) in [4.78, 5) is 8.44. The molecule has 0 aliphatic carbocycles. The molecule has 0 aromatic carbocycles. The summed E-state index contributed by atoms with van der Waals surface area (Å²) >= 11 is 11.5. The lowest BCUT2D eigenvalue weighted by atomic mass is 9.96. The van der Waals surface area contributed by atoms with E-state index in [-0.39, 0.29) is 5.41 Å². The van der Waals surface area contributed by atoms with Crippen molar-refractivity contribution in [3.8, 4) is 0 Å². The summed E-state index contributed by atoms with van der Waals surface area (Å²) in [5, 5.41) is 0.454. The highest BCUT2D eigenvalue weighted by molar-refractivity contribution is 6.29. The van der Waals surface area contributed by atoms with Gasteiger partial charge in [0, 0.05) is 5.41 Å². The van der Waals surface area contributed by atoms with Crippen LogP contribution in [-0.4, -0.2) is 9.97 Å². The number of aromatic nitrogens is 2. The second kappa shape index (κ2) is 3.81. The number of rotatable bonds is 1. The first-order valence-electron chi connectivity index (χ1n) is 4.03. The van der Waals surface area contributed by atoms with Crippen LogP contribution in [0.1, 0.15) is 32.3 Å². The number of hydrogen-bond donors (Lipinski definition) is 0. The van der Waals surface area contributed by atoms with Crippen LogP contribution in [0.2, 0.25) is 5.15 Å². The fourth-order valence-electron chi connectivity index (χ4n) is 0.868. The molecule has 0 aliphatic heterocycles. The molecule has 0 atom stereocenters. The smallest absolute Gasteiger partial charge is 0.135 e. The van der Waals surface area contributed by atoms with Gasteiger partial charge in [-0.25, -0.2) is 9.97 Å². The standard InChI is InChI=1S/C9H12Cl2N2/c1-9(2,3)8-12-6(5-10)4-7(11)13-8/h4H,5H2,1-3H3. The van der Waals surface area contributed by atoms with Crippen molar-refractivity contribution in [3.05, 3.63) is 22.7 Å². The van der Waals surface area contributed by atoms with Crippen molar-refractivity contribution < 1.29 is 0 Å². The van der Waals surface area contributed by atoms with Gasteiger partial charge in [0.2, 0.25) is 0 Å². The third kappa shape index (κ3) is 2.82. The molecule has 72 valence electrons. The van der Waals surface area contributed by atoms with E-state index < -0.39 is 0 Å². The fraction of sp³-hybridized carbons (Fsp3) is 0.556. The van der Waals surface area contributed by atoms with Gasteiger partial charge in [-0.3, -0.25) is 0 Å². The molecule has 0 bridgehead atoms. The van der Waals surface area contributed by atoms with Gasteiger partial charge in [0.15, 0.2) is 0 Å². The molecule has 1 aromatic rings. The van der Waals surface area contributed by atoms with Gasteiger partial charge in [-0.2, -0.15) is 0 Å². The van der Waals surface area contributed by atoms with Gasteiger partial charge in [0.1, 0.15) is 11.0 Å². The minimum Gasteiger partial charge on any atom is -0.236 e. The zero-order chi connectivity index (χ0) is 10.1. The van der Waals surface area contributed by atoms with Crippen LogP contribution in [0.25, 0.3) is 0 Å². The second-order valence-corrected chi connectivity index (χ2v) is 4.54. The number of nitrogens with zero attached hydrogens (tertiary/aromatic N) is 2. The Balaban J connectivity index is 3.16. The van der Waals surface area contributed by atoms with E-state index in [1.807, 2.05) is 20.8 Å². The summed E-state index contributed by atoms with van der Waals surface area (Å²) < 4.78 is 0. The van der Waals surface area contributed by atoms with E-state index in [9.17, 15) is 0 Å².